The number of benzene rings is 2. The Labute approximate surface area is 174 Å². The number of carbonyl (C=O) groups excluding carboxylic acids is 1. The summed E-state index contributed by atoms with van der Waals surface area (Å²) >= 11 is 3.28. The third kappa shape index (κ3) is 4.74. The minimum absolute atomic E-state index is 0.205. The van der Waals surface area contributed by atoms with Gasteiger partial charge >= 0.3 is 0 Å². The van der Waals surface area contributed by atoms with E-state index in [1.807, 2.05) is 31.2 Å². The summed E-state index contributed by atoms with van der Waals surface area (Å²) in [5.74, 6) is 0.769. The molecule has 0 radical (unpaired) electrons. The number of hydrogen-bond donors (Lipinski definition) is 0. The maximum Gasteiger partial charge on any atom is 0.279 e. The van der Waals surface area contributed by atoms with Gasteiger partial charge in [-0.25, -0.2) is 0 Å². The Morgan fingerprint density at radius 2 is 1.96 bits per heavy atom. The van der Waals surface area contributed by atoms with Crippen LogP contribution in [-0.4, -0.2) is 29.4 Å². The number of aryl methyl sites for hydroxylation is 2. The number of amides is 1. The molecule has 0 spiro atoms. The fourth-order valence-electron chi connectivity index (χ4n) is 2.96. The molecular formula is C22H26N2O2S2. The van der Waals surface area contributed by atoms with Gasteiger partial charge in [0, 0.05) is 23.6 Å². The third-order valence-corrected chi connectivity index (χ3v) is 6.47. The first-order chi connectivity index (χ1) is 13.5. The number of ether oxygens (including phenoxy) is 1. The number of fused-ring (bicyclic) bond motifs is 1. The molecule has 4 nitrogen and oxygen atoms in total. The quantitative estimate of drug-likeness (QED) is 0.394. The molecule has 6 heteroatoms. The number of nitrogens with zero attached hydrogens (tertiary/aromatic N) is 2. The molecule has 0 bridgehead atoms. The highest BCUT2D eigenvalue weighted by Gasteiger charge is 2.11. The van der Waals surface area contributed by atoms with Crippen molar-refractivity contribution in [2.75, 3.05) is 19.0 Å². The van der Waals surface area contributed by atoms with Crippen LogP contribution in [0.2, 0.25) is 0 Å². The van der Waals surface area contributed by atoms with Gasteiger partial charge in [-0.15, -0.1) is 11.8 Å². The predicted molar refractivity (Wildman–Crippen MR) is 119 cm³/mol. The van der Waals surface area contributed by atoms with Crippen LogP contribution in [0.4, 0.5) is 0 Å². The van der Waals surface area contributed by atoms with E-state index < -0.39 is 0 Å². The van der Waals surface area contributed by atoms with Crippen LogP contribution < -0.4 is 4.80 Å². The molecule has 0 aliphatic heterocycles. The first-order valence-corrected chi connectivity index (χ1v) is 11.3. The molecule has 28 heavy (non-hydrogen) atoms. The van der Waals surface area contributed by atoms with E-state index in [0.717, 1.165) is 25.7 Å². The molecule has 148 valence electrons. The molecule has 3 aromatic rings. The summed E-state index contributed by atoms with van der Waals surface area (Å²) in [6.45, 7) is 10.3. The summed E-state index contributed by atoms with van der Waals surface area (Å²) in [5, 5.41) is 0. The number of thiazole rings is 1. The highest BCUT2D eigenvalue weighted by molar-refractivity contribution is 7.99. The van der Waals surface area contributed by atoms with E-state index in [4.69, 9.17) is 4.74 Å². The van der Waals surface area contributed by atoms with Crippen molar-refractivity contribution in [3.05, 3.63) is 57.9 Å². The number of thioether (sulfide) groups is 1. The van der Waals surface area contributed by atoms with Crippen molar-refractivity contribution in [3.63, 3.8) is 0 Å². The maximum absolute atomic E-state index is 12.8. The van der Waals surface area contributed by atoms with E-state index >= 15 is 0 Å². The zero-order valence-electron chi connectivity index (χ0n) is 16.8. The highest BCUT2D eigenvalue weighted by Crippen LogP contribution is 2.23. The van der Waals surface area contributed by atoms with E-state index in [2.05, 4.69) is 42.5 Å². The lowest BCUT2D eigenvalue weighted by Crippen LogP contribution is -2.19. The smallest absolute Gasteiger partial charge is 0.279 e. The molecule has 2 aromatic carbocycles. The summed E-state index contributed by atoms with van der Waals surface area (Å²) in [5.41, 5.74) is 4.21. The van der Waals surface area contributed by atoms with E-state index in [-0.39, 0.29) is 5.91 Å². The largest absolute Gasteiger partial charge is 0.380 e. The standard InChI is InChI=1S/C22H26N2O2S2/c1-5-26-11-10-24-19-12-15(3)16(4)13-20(19)28-22(24)23-21(25)17-8-7-9-18(14-17)27-6-2/h7-9,12-14H,5-6,10-11H2,1-4H3. The lowest BCUT2D eigenvalue weighted by atomic mass is 10.1. The Hall–Kier alpha value is -1.89. The van der Waals surface area contributed by atoms with Gasteiger partial charge in [0.15, 0.2) is 4.80 Å². The molecule has 3 rings (SSSR count). The van der Waals surface area contributed by atoms with Gasteiger partial charge < -0.3 is 9.30 Å². The predicted octanol–water partition coefficient (Wildman–Crippen LogP) is 5.21. The van der Waals surface area contributed by atoms with Crippen LogP contribution in [0.25, 0.3) is 10.2 Å². The molecule has 1 amide bonds. The second kappa shape index (κ2) is 9.54. The van der Waals surface area contributed by atoms with Gasteiger partial charge in [0.05, 0.1) is 16.8 Å². The number of rotatable bonds is 7. The Balaban J connectivity index is 2.05. The van der Waals surface area contributed by atoms with E-state index in [9.17, 15) is 4.79 Å². The van der Waals surface area contributed by atoms with Crippen molar-refractivity contribution in [1.82, 2.24) is 4.57 Å². The summed E-state index contributed by atoms with van der Waals surface area (Å²) in [4.78, 5) is 19.1. The van der Waals surface area contributed by atoms with Crippen molar-refractivity contribution in [2.24, 2.45) is 4.99 Å². The maximum atomic E-state index is 12.8. The van der Waals surface area contributed by atoms with Gasteiger partial charge in [0.25, 0.3) is 5.91 Å². The Bertz CT molecular complexity index is 1050. The van der Waals surface area contributed by atoms with E-state index in [1.165, 1.54) is 11.1 Å². The molecule has 0 saturated heterocycles. The fraction of sp³-hybridized carbons (Fsp3) is 0.364. The second-order valence-corrected chi connectivity index (χ2v) is 8.86. The fourth-order valence-corrected chi connectivity index (χ4v) is 4.81. The first-order valence-electron chi connectivity index (χ1n) is 9.53. The summed E-state index contributed by atoms with van der Waals surface area (Å²) < 4.78 is 8.79. The lowest BCUT2D eigenvalue weighted by Gasteiger charge is -2.07. The minimum atomic E-state index is -0.205. The molecule has 0 N–H and O–H groups in total. The van der Waals surface area contributed by atoms with Crippen molar-refractivity contribution in [2.45, 2.75) is 39.1 Å². The van der Waals surface area contributed by atoms with Gasteiger partial charge in [0.2, 0.25) is 0 Å². The van der Waals surface area contributed by atoms with Crippen LogP contribution in [0.3, 0.4) is 0 Å². The molecule has 1 heterocycles. The van der Waals surface area contributed by atoms with Crippen molar-refractivity contribution in [3.8, 4) is 0 Å². The van der Waals surface area contributed by atoms with E-state index in [1.54, 1.807) is 23.1 Å². The van der Waals surface area contributed by atoms with E-state index in [0.29, 0.717) is 25.3 Å². The van der Waals surface area contributed by atoms with Gasteiger partial charge in [0.1, 0.15) is 0 Å². The molecule has 0 aliphatic carbocycles. The number of hydrogen-bond acceptors (Lipinski definition) is 4. The molecule has 0 saturated carbocycles. The Kier molecular flexibility index (Phi) is 7.10. The van der Waals surface area contributed by atoms with Gasteiger partial charge in [-0.3, -0.25) is 4.79 Å². The molecule has 0 unspecified atom stereocenters. The van der Waals surface area contributed by atoms with Crippen molar-refractivity contribution in [1.29, 1.82) is 0 Å². The van der Waals surface area contributed by atoms with Crippen LogP contribution in [0.1, 0.15) is 35.3 Å². The Morgan fingerprint density at radius 1 is 1.18 bits per heavy atom. The zero-order valence-corrected chi connectivity index (χ0v) is 18.5. The lowest BCUT2D eigenvalue weighted by molar-refractivity contribution is 0.0996. The molecule has 1 aromatic heterocycles. The molecule has 0 aliphatic rings. The zero-order chi connectivity index (χ0) is 20.1. The van der Waals surface area contributed by atoms with Gasteiger partial charge in [-0.2, -0.15) is 4.99 Å². The molecular weight excluding hydrogens is 388 g/mol. The average molecular weight is 415 g/mol. The first kappa shape index (κ1) is 20.8. The summed E-state index contributed by atoms with van der Waals surface area (Å²) in [6, 6.07) is 12.0. The van der Waals surface area contributed by atoms with Gasteiger partial charge in [-0.1, -0.05) is 24.3 Å². The van der Waals surface area contributed by atoms with Crippen LogP contribution >= 0.6 is 23.1 Å². The van der Waals surface area contributed by atoms with Gasteiger partial charge in [-0.05, 0) is 68.0 Å². The third-order valence-electron chi connectivity index (χ3n) is 4.55. The topological polar surface area (TPSA) is 43.6 Å². The molecule has 0 atom stereocenters. The highest BCUT2D eigenvalue weighted by atomic mass is 32.2. The summed E-state index contributed by atoms with van der Waals surface area (Å²) in [6.07, 6.45) is 0. The van der Waals surface area contributed by atoms with Crippen molar-refractivity contribution < 1.29 is 9.53 Å². The van der Waals surface area contributed by atoms with Crippen LogP contribution in [0.15, 0.2) is 46.3 Å². The normalized spacial score (nSPS) is 12.1. The second-order valence-electron chi connectivity index (χ2n) is 6.52. The Morgan fingerprint density at radius 3 is 2.71 bits per heavy atom. The van der Waals surface area contributed by atoms with Crippen LogP contribution in [-0.2, 0) is 11.3 Å². The average Bonchev–Trinajstić information content (AvgIpc) is 2.99. The minimum Gasteiger partial charge on any atom is -0.380 e. The number of carbonyl (C=O) groups is 1. The van der Waals surface area contributed by atoms with Crippen LogP contribution in [0.5, 0.6) is 0 Å². The monoisotopic (exact) mass is 414 g/mol. The van der Waals surface area contributed by atoms with Crippen LogP contribution in [0, 0.1) is 13.8 Å². The SMILES string of the molecule is CCOCCn1c(=NC(=O)c2cccc(SCC)c2)sc2cc(C)c(C)cc21. The number of aromatic nitrogens is 1. The summed E-state index contributed by atoms with van der Waals surface area (Å²) in [7, 11) is 0. The van der Waals surface area contributed by atoms with Crippen molar-refractivity contribution >= 4 is 39.2 Å². The molecule has 0 fully saturated rings.